The Hall–Kier alpha value is 0.920. The Balaban J connectivity index is -0.000000112. The molecule has 0 bridgehead atoms. The number of hydrogen-bond donors (Lipinski definition) is 8. The highest BCUT2D eigenvalue weighted by Gasteiger charge is 2.00. The molecule has 0 atom stereocenters. The second-order valence-electron chi connectivity index (χ2n) is 1.03. The molecular weight excluding hydrogens is 254 g/mol. The van der Waals surface area contributed by atoms with Crippen LogP contribution in [-0.2, 0) is 9.13 Å². The molecule has 78 valence electrons. The zero-order valence-electron chi connectivity index (χ0n) is 5.29. The van der Waals surface area contributed by atoms with Gasteiger partial charge in [0, 0.05) is 0 Å². The van der Waals surface area contributed by atoms with E-state index in [1.807, 2.05) is 0 Å². The van der Waals surface area contributed by atoms with Crippen LogP contribution in [0.4, 0.5) is 0 Å². The van der Waals surface area contributed by atoms with Crippen LogP contribution in [0.5, 0.6) is 0 Å². The summed E-state index contributed by atoms with van der Waals surface area (Å²) in [5.41, 5.74) is 0. The van der Waals surface area contributed by atoms with Gasteiger partial charge in [-0.2, -0.15) is 0 Å². The maximum atomic E-state index is 8.88. The van der Waals surface area contributed by atoms with Gasteiger partial charge >= 0.3 is 15.6 Å². The average Bonchev–Trinajstić information content (AvgIpc) is 1.59. The maximum Gasteiger partial charge on any atom is 0.466 e. The van der Waals surface area contributed by atoms with Crippen molar-refractivity contribution in [2.75, 3.05) is 0 Å². The van der Waals surface area contributed by atoms with Crippen molar-refractivity contribution in [3.8, 4) is 0 Å². The molecule has 0 aromatic heterocycles. The van der Waals surface area contributed by atoms with E-state index in [1.165, 1.54) is 0 Å². The van der Waals surface area contributed by atoms with Gasteiger partial charge in [0.2, 0.25) is 0 Å². The predicted octanol–water partition coefficient (Wildman–Crippen LogP) is -1.10. The molecule has 6 N–H and O–H groups in total. The van der Waals surface area contributed by atoms with Gasteiger partial charge in [-0.3, -0.25) is 0 Å². The van der Waals surface area contributed by atoms with Crippen LogP contribution >= 0.6 is 39.0 Å². The zero-order chi connectivity index (χ0) is 11.0. The molecule has 0 rings (SSSR count). The third-order valence-corrected chi connectivity index (χ3v) is 0. The van der Waals surface area contributed by atoms with E-state index in [-0.39, 0.29) is 0 Å². The second kappa shape index (κ2) is 8.52. The summed E-state index contributed by atoms with van der Waals surface area (Å²) in [6.45, 7) is 0. The van der Waals surface area contributed by atoms with Crippen molar-refractivity contribution in [3.05, 3.63) is 0 Å². The van der Waals surface area contributed by atoms with Gasteiger partial charge in [0.1, 0.15) is 0 Å². The third kappa shape index (κ3) is 1270. The van der Waals surface area contributed by atoms with Crippen molar-refractivity contribution >= 4 is 39.0 Å². The Morgan fingerprint density at radius 1 is 0.667 bits per heavy atom. The Bertz CT molecular complexity index is 127. The highest BCUT2D eigenvalue weighted by atomic mass is 33.1. The molecule has 0 aliphatic carbocycles. The molecule has 0 aliphatic heterocycles. The second-order valence-corrected chi connectivity index (χ2v) is 3.08. The van der Waals surface area contributed by atoms with Crippen LogP contribution in [0.2, 0.25) is 0 Å². The normalized spacial score (nSPS) is 10.3. The fraction of sp³-hybridized carbons (Fsp3) is 0. The summed E-state index contributed by atoms with van der Waals surface area (Å²) in [6.07, 6.45) is 0. The SMILES string of the molecule is O=P(O)(O)O.O=P(O)(O)O.SS. The monoisotopic (exact) mass is 262 g/mol. The van der Waals surface area contributed by atoms with E-state index < -0.39 is 15.6 Å². The van der Waals surface area contributed by atoms with E-state index in [9.17, 15) is 0 Å². The van der Waals surface area contributed by atoms with Gasteiger partial charge in [-0.25, -0.2) is 9.13 Å². The van der Waals surface area contributed by atoms with Crippen LogP contribution in [0.1, 0.15) is 0 Å². The third-order valence-electron chi connectivity index (χ3n) is 0. The van der Waals surface area contributed by atoms with Crippen LogP contribution < -0.4 is 0 Å². The minimum atomic E-state index is -4.64. The van der Waals surface area contributed by atoms with E-state index in [2.05, 4.69) is 23.3 Å². The largest absolute Gasteiger partial charge is 0.466 e. The molecule has 0 aliphatic rings. The first-order chi connectivity index (χ1) is 5.00. The quantitative estimate of drug-likeness (QED) is 0.155. The van der Waals surface area contributed by atoms with Crippen LogP contribution in [0, 0.1) is 0 Å². The summed E-state index contributed by atoms with van der Waals surface area (Å²) in [4.78, 5) is 43.1. The highest BCUT2D eigenvalue weighted by Crippen LogP contribution is 2.26. The summed E-state index contributed by atoms with van der Waals surface area (Å²) in [5.74, 6) is 0. The Labute approximate surface area is 78.0 Å². The molecule has 0 amide bonds. The summed E-state index contributed by atoms with van der Waals surface area (Å²) in [7, 11) is -9.28. The van der Waals surface area contributed by atoms with Gasteiger partial charge in [0.05, 0.1) is 0 Å². The first-order valence-corrected chi connectivity index (χ1v) is 6.50. The smallest absolute Gasteiger partial charge is 0.303 e. The Kier molecular flexibility index (Phi) is 13.2. The first-order valence-electron chi connectivity index (χ1n) is 1.77. The topological polar surface area (TPSA) is 156 Å². The molecule has 12 heavy (non-hydrogen) atoms. The molecule has 0 saturated heterocycles. The van der Waals surface area contributed by atoms with Gasteiger partial charge in [0.15, 0.2) is 0 Å². The lowest BCUT2D eigenvalue weighted by atomic mass is 15.8. The predicted molar refractivity (Wildman–Crippen MR) is 46.5 cm³/mol. The fourth-order valence-electron chi connectivity index (χ4n) is 0. The lowest BCUT2D eigenvalue weighted by Crippen LogP contribution is -1.66. The van der Waals surface area contributed by atoms with Gasteiger partial charge in [-0.1, -0.05) is 0 Å². The number of hydrogen-bond acceptors (Lipinski definition) is 4. The van der Waals surface area contributed by atoms with Crippen LogP contribution in [-0.4, -0.2) is 29.4 Å². The van der Waals surface area contributed by atoms with Crippen LogP contribution in [0.3, 0.4) is 0 Å². The molecule has 0 aromatic carbocycles. The van der Waals surface area contributed by atoms with Crippen molar-refractivity contribution in [2.45, 2.75) is 0 Å². The first kappa shape index (κ1) is 18.7. The molecule has 0 fully saturated rings. The minimum Gasteiger partial charge on any atom is -0.303 e. The molecule has 12 heteroatoms. The lowest BCUT2D eigenvalue weighted by molar-refractivity contribution is 0.272. The van der Waals surface area contributed by atoms with Crippen molar-refractivity contribution in [1.82, 2.24) is 0 Å². The molecule has 0 unspecified atom stereocenters. The number of rotatable bonds is 0. The van der Waals surface area contributed by atoms with Gasteiger partial charge in [-0.15, -0.1) is 23.3 Å². The molecular formula is H8O8P2S2. The van der Waals surface area contributed by atoms with Crippen molar-refractivity contribution in [3.63, 3.8) is 0 Å². The average molecular weight is 262 g/mol. The summed E-state index contributed by atoms with van der Waals surface area (Å²) < 4.78 is 17.8. The summed E-state index contributed by atoms with van der Waals surface area (Å²) in [6, 6.07) is 0. The molecule has 0 spiro atoms. The standard InChI is InChI=1S/2H3O4P.H2S2/c2*1-5(2,3)4;1-2/h2*(H3,1,2,3,4);1-2H. The van der Waals surface area contributed by atoms with Crippen LogP contribution in [0.25, 0.3) is 0 Å². The molecule has 0 heterocycles. The van der Waals surface area contributed by atoms with Crippen LogP contribution in [0.15, 0.2) is 0 Å². The highest BCUT2D eigenvalue weighted by molar-refractivity contribution is 8.59. The molecule has 0 radical (unpaired) electrons. The van der Waals surface area contributed by atoms with Crippen molar-refractivity contribution in [1.29, 1.82) is 0 Å². The van der Waals surface area contributed by atoms with E-state index >= 15 is 0 Å². The van der Waals surface area contributed by atoms with Gasteiger partial charge in [-0.05, 0) is 0 Å². The minimum absolute atomic E-state index is 3.22. The Morgan fingerprint density at radius 2 is 0.667 bits per heavy atom. The fourth-order valence-corrected chi connectivity index (χ4v) is 0. The molecule has 0 aromatic rings. The number of thiol groups is 2. The van der Waals surface area contributed by atoms with E-state index in [0.29, 0.717) is 0 Å². The molecule has 0 saturated carbocycles. The van der Waals surface area contributed by atoms with Gasteiger partial charge < -0.3 is 29.4 Å². The number of phosphoric acid groups is 2. The van der Waals surface area contributed by atoms with E-state index in [1.54, 1.807) is 0 Å². The maximum absolute atomic E-state index is 8.88. The Morgan fingerprint density at radius 3 is 0.667 bits per heavy atom. The summed E-state index contributed by atoms with van der Waals surface area (Å²) >= 11 is 6.44. The molecule has 8 nitrogen and oxygen atoms in total. The van der Waals surface area contributed by atoms with Crippen molar-refractivity contribution in [2.24, 2.45) is 0 Å². The lowest BCUT2D eigenvalue weighted by Gasteiger charge is -1.82. The van der Waals surface area contributed by atoms with Gasteiger partial charge in [0.25, 0.3) is 0 Å². The summed E-state index contributed by atoms with van der Waals surface area (Å²) in [5, 5.41) is 0. The van der Waals surface area contributed by atoms with E-state index in [0.717, 1.165) is 0 Å². The van der Waals surface area contributed by atoms with Crippen molar-refractivity contribution < 1.29 is 38.5 Å². The van der Waals surface area contributed by atoms with E-state index in [4.69, 9.17) is 38.5 Å². The zero-order valence-corrected chi connectivity index (χ0v) is 8.87.